The number of amides is 2. The quantitative estimate of drug-likeness (QED) is 0.549. The lowest BCUT2D eigenvalue weighted by molar-refractivity contribution is -0.122. The topological polar surface area (TPSA) is 114 Å². The molecule has 37 heavy (non-hydrogen) atoms. The molecule has 1 heterocycles. The molecule has 0 radical (unpaired) electrons. The van der Waals surface area contributed by atoms with E-state index in [2.05, 4.69) is 10.6 Å². The molecule has 1 aliphatic heterocycles. The Morgan fingerprint density at radius 1 is 1.16 bits per heavy atom. The van der Waals surface area contributed by atoms with Gasteiger partial charge in [-0.3, -0.25) is 14.4 Å². The fourth-order valence-corrected chi connectivity index (χ4v) is 5.15. The van der Waals surface area contributed by atoms with E-state index in [1.165, 1.54) is 18.2 Å². The highest BCUT2D eigenvalue weighted by Gasteiger charge is 2.36. The van der Waals surface area contributed by atoms with E-state index in [9.17, 15) is 22.4 Å². The Morgan fingerprint density at radius 3 is 2.46 bits per heavy atom. The van der Waals surface area contributed by atoms with Crippen molar-refractivity contribution in [1.29, 1.82) is 0 Å². The molecule has 1 aliphatic carbocycles. The Kier molecular flexibility index (Phi) is 7.36. The number of rotatable bonds is 7. The summed E-state index contributed by atoms with van der Waals surface area (Å²) < 4.78 is 53.3. The first-order valence-electron chi connectivity index (χ1n) is 12.2. The van der Waals surface area contributed by atoms with E-state index < -0.39 is 28.0 Å². The van der Waals surface area contributed by atoms with Crippen molar-refractivity contribution in [2.75, 3.05) is 22.7 Å². The van der Waals surface area contributed by atoms with Gasteiger partial charge in [-0.05, 0) is 67.6 Å². The molecule has 9 nitrogen and oxygen atoms in total. The van der Waals surface area contributed by atoms with Crippen molar-refractivity contribution < 1.29 is 31.9 Å². The van der Waals surface area contributed by atoms with Crippen molar-refractivity contribution in [2.45, 2.75) is 57.6 Å². The Morgan fingerprint density at radius 2 is 1.84 bits per heavy atom. The normalized spacial score (nSPS) is 18.3. The van der Waals surface area contributed by atoms with Gasteiger partial charge in [-0.25, -0.2) is 17.6 Å². The van der Waals surface area contributed by atoms with E-state index in [0.29, 0.717) is 5.69 Å². The van der Waals surface area contributed by atoms with Gasteiger partial charge in [0.25, 0.3) is 10.0 Å². The summed E-state index contributed by atoms with van der Waals surface area (Å²) in [5.74, 6) is -0.365. The summed E-state index contributed by atoms with van der Waals surface area (Å²) in [5, 5.41) is 5.46. The third-order valence-electron chi connectivity index (χ3n) is 6.49. The molecule has 0 bridgehead atoms. The third-order valence-corrected chi connectivity index (χ3v) is 8.29. The van der Waals surface area contributed by atoms with Crippen LogP contribution in [0.5, 0.6) is 5.75 Å². The fraction of sp³-hybridized carbons (Fsp3) is 0.462. The molecule has 200 valence electrons. The van der Waals surface area contributed by atoms with Gasteiger partial charge >= 0.3 is 6.09 Å². The van der Waals surface area contributed by atoms with Crippen LogP contribution in [0.25, 0.3) is 0 Å². The number of carbonyl (C=O) groups excluding carboxylic acids is 2. The van der Waals surface area contributed by atoms with Gasteiger partial charge in [0.1, 0.15) is 23.8 Å². The van der Waals surface area contributed by atoms with E-state index in [0.717, 1.165) is 29.3 Å². The Bertz CT molecular complexity index is 1270. The summed E-state index contributed by atoms with van der Waals surface area (Å²) in [7, 11) is -4.12. The standard InChI is InChI=1S/C26H32FN3O6S/c1-16(26(2,3)4)35-25(32)29-19-9-12-23-22(13-19)30(37(33,34)21-10-7-18(27)8-11-21)15-20(36-23)14-28-24(31)17-5-6-17/h7-13,16-17,20H,5-6,14-15H2,1-4H3,(H,28,31)(H,29,32)/t16-,20-/m0/s1. The Hall–Kier alpha value is -3.34. The van der Waals surface area contributed by atoms with E-state index in [1.54, 1.807) is 19.1 Å². The maximum atomic E-state index is 13.6. The number of ether oxygens (including phenoxy) is 2. The average molecular weight is 534 g/mol. The SMILES string of the molecule is C[C@H](OC(=O)Nc1ccc2c(c1)N(S(=O)(=O)c1ccc(F)cc1)C[C@H](CNC(=O)C1CC1)O2)C(C)(C)C. The molecule has 2 aromatic rings. The van der Waals surface area contributed by atoms with Crippen molar-refractivity contribution in [1.82, 2.24) is 5.32 Å². The number of anilines is 2. The molecule has 0 saturated heterocycles. The van der Waals surface area contributed by atoms with E-state index in [4.69, 9.17) is 9.47 Å². The lowest BCUT2D eigenvalue weighted by Gasteiger charge is -2.36. The highest BCUT2D eigenvalue weighted by atomic mass is 32.2. The summed E-state index contributed by atoms with van der Waals surface area (Å²) >= 11 is 0. The zero-order valence-corrected chi connectivity index (χ0v) is 22.1. The lowest BCUT2D eigenvalue weighted by atomic mass is 9.90. The average Bonchev–Trinajstić information content (AvgIpc) is 3.67. The number of carbonyl (C=O) groups is 2. The van der Waals surface area contributed by atoms with Crippen LogP contribution in [-0.2, 0) is 19.6 Å². The number of sulfonamides is 1. The van der Waals surface area contributed by atoms with Crippen molar-refractivity contribution in [3.05, 3.63) is 48.3 Å². The molecule has 2 aromatic carbocycles. The molecule has 2 N–H and O–H groups in total. The summed E-state index contributed by atoms with van der Waals surface area (Å²) in [6.07, 6.45) is 0.000634. The predicted molar refractivity (Wildman–Crippen MR) is 137 cm³/mol. The fourth-order valence-electron chi connectivity index (χ4n) is 3.65. The largest absolute Gasteiger partial charge is 0.484 e. The van der Waals surface area contributed by atoms with Gasteiger partial charge in [0.05, 0.1) is 23.7 Å². The molecule has 0 unspecified atom stereocenters. The van der Waals surface area contributed by atoms with E-state index >= 15 is 0 Å². The van der Waals surface area contributed by atoms with Gasteiger partial charge < -0.3 is 14.8 Å². The van der Waals surface area contributed by atoms with Crippen LogP contribution in [0, 0.1) is 17.2 Å². The number of hydrogen-bond donors (Lipinski definition) is 2. The van der Waals surface area contributed by atoms with Gasteiger partial charge in [0, 0.05) is 11.6 Å². The van der Waals surface area contributed by atoms with Crippen LogP contribution in [-0.4, -0.2) is 45.7 Å². The van der Waals surface area contributed by atoms with Crippen LogP contribution in [0.4, 0.5) is 20.6 Å². The number of benzene rings is 2. The second-order valence-corrected chi connectivity index (χ2v) is 12.3. The van der Waals surface area contributed by atoms with Gasteiger partial charge in [-0.1, -0.05) is 20.8 Å². The summed E-state index contributed by atoms with van der Waals surface area (Å²) in [6.45, 7) is 7.67. The zero-order valence-electron chi connectivity index (χ0n) is 21.3. The second kappa shape index (κ2) is 10.2. The number of nitrogens with one attached hydrogen (secondary N) is 2. The molecule has 2 amide bonds. The summed E-state index contributed by atoms with van der Waals surface area (Å²) in [5.41, 5.74) is 0.259. The molecule has 1 fully saturated rings. The van der Waals surface area contributed by atoms with Crippen molar-refractivity contribution in [3.8, 4) is 5.75 Å². The smallest absolute Gasteiger partial charge is 0.411 e. The van der Waals surface area contributed by atoms with Crippen LogP contribution in [0.1, 0.15) is 40.5 Å². The molecule has 11 heteroatoms. The number of fused-ring (bicyclic) bond motifs is 1. The predicted octanol–water partition coefficient (Wildman–Crippen LogP) is 4.29. The number of hydrogen-bond acceptors (Lipinski definition) is 6. The highest BCUT2D eigenvalue weighted by molar-refractivity contribution is 7.92. The monoisotopic (exact) mass is 533 g/mol. The van der Waals surface area contributed by atoms with Crippen LogP contribution >= 0.6 is 0 Å². The first kappa shape index (κ1) is 26.7. The Balaban J connectivity index is 1.60. The van der Waals surface area contributed by atoms with Gasteiger partial charge in [-0.15, -0.1) is 0 Å². The van der Waals surface area contributed by atoms with Gasteiger partial charge in [0.15, 0.2) is 0 Å². The van der Waals surface area contributed by atoms with Crippen LogP contribution in [0.15, 0.2) is 47.4 Å². The summed E-state index contributed by atoms with van der Waals surface area (Å²) in [6, 6.07) is 9.15. The van der Waals surface area contributed by atoms with Crippen molar-refractivity contribution in [3.63, 3.8) is 0 Å². The zero-order chi connectivity index (χ0) is 27.0. The minimum absolute atomic E-state index is 0.00400. The van der Waals surface area contributed by atoms with Gasteiger partial charge in [0.2, 0.25) is 5.91 Å². The van der Waals surface area contributed by atoms with Crippen LogP contribution in [0.3, 0.4) is 0 Å². The first-order chi connectivity index (χ1) is 17.3. The molecule has 2 aliphatic rings. The molecule has 2 atom stereocenters. The maximum Gasteiger partial charge on any atom is 0.411 e. The molecule has 4 rings (SSSR count). The molecular formula is C26H32FN3O6S. The molecule has 1 saturated carbocycles. The van der Waals surface area contributed by atoms with Gasteiger partial charge in [-0.2, -0.15) is 0 Å². The minimum Gasteiger partial charge on any atom is -0.484 e. The first-order valence-corrected chi connectivity index (χ1v) is 13.6. The molecule has 0 aromatic heterocycles. The van der Waals surface area contributed by atoms with E-state index in [1.807, 2.05) is 20.8 Å². The highest BCUT2D eigenvalue weighted by Crippen LogP contribution is 2.39. The van der Waals surface area contributed by atoms with Crippen LogP contribution < -0.4 is 19.7 Å². The minimum atomic E-state index is -4.12. The van der Waals surface area contributed by atoms with E-state index in [-0.39, 0.29) is 52.8 Å². The summed E-state index contributed by atoms with van der Waals surface area (Å²) in [4.78, 5) is 24.5. The second-order valence-electron chi connectivity index (χ2n) is 10.5. The van der Waals surface area contributed by atoms with Crippen LogP contribution in [0.2, 0.25) is 0 Å². The molecular weight excluding hydrogens is 501 g/mol. The Labute approximate surface area is 216 Å². The maximum absolute atomic E-state index is 13.6. The number of halogens is 1. The van der Waals surface area contributed by atoms with Crippen molar-refractivity contribution >= 4 is 33.4 Å². The lowest BCUT2D eigenvalue weighted by Crippen LogP contribution is -2.48. The molecule has 0 spiro atoms. The third kappa shape index (κ3) is 6.33. The van der Waals surface area contributed by atoms with Crippen molar-refractivity contribution in [2.24, 2.45) is 11.3 Å². The number of nitrogens with zero attached hydrogens (tertiary/aromatic N) is 1.